The first-order valence-corrected chi connectivity index (χ1v) is 7.15. The molecular formula is C15H14ClN5O3. The van der Waals surface area contributed by atoms with Gasteiger partial charge in [-0.05, 0) is 31.2 Å². The highest BCUT2D eigenvalue weighted by Gasteiger charge is 2.18. The van der Waals surface area contributed by atoms with Gasteiger partial charge in [-0.25, -0.2) is 4.79 Å². The molecule has 124 valence electrons. The number of benzene rings is 1. The van der Waals surface area contributed by atoms with Gasteiger partial charge in [0.25, 0.3) is 5.91 Å². The monoisotopic (exact) mass is 347 g/mol. The lowest BCUT2D eigenvalue weighted by Gasteiger charge is -2.12. The van der Waals surface area contributed by atoms with Gasteiger partial charge in [0.05, 0.1) is 11.3 Å². The molecule has 0 bridgehead atoms. The lowest BCUT2D eigenvalue weighted by atomic mass is 10.1. The molecule has 1 unspecified atom stereocenters. The van der Waals surface area contributed by atoms with Gasteiger partial charge in [-0.2, -0.15) is 5.26 Å². The van der Waals surface area contributed by atoms with Gasteiger partial charge in [-0.3, -0.25) is 10.1 Å². The summed E-state index contributed by atoms with van der Waals surface area (Å²) < 4.78 is 5.53. The minimum atomic E-state index is -0.855. The van der Waals surface area contributed by atoms with Crippen molar-refractivity contribution in [3.63, 3.8) is 0 Å². The molecule has 6 N–H and O–H groups in total. The molecule has 0 aliphatic carbocycles. The Labute approximate surface area is 142 Å². The van der Waals surface area contributed by atoms with Crippen LogP contribution in [-0.4, -0.2) is 23.0 Å². The zero-order valence-corrected chi connectivity index (χ0v) is 13.3. The Bertz CT molecular complexity index is 840. The summed E-state index contributed by atoms with van der Waals surface area (Å²) in [5.41, 5.74) is 11.3. The van der Waals surface area contributed by atoms with Crippen LogP contribution in [0.4, 0.5) is 10.6 Å². The smallest absolute Gasteiger partial charge is 0.317 e. The maximum atomic E-state index is 11.5. The number of halogens is 1. The van der Waals surface area contributed by atoms with Gasteiger partial charge in [0, 0.05) is 10.6 Å². The van der Waals surface area contributed by atoms with E-state index in [0.717, 1.165) is 0 Å². The number of anilines is 1. The first-order valence-electron chi connectivity index (χ1n) is 6.77. The van der Waals surface area contributed by atoms with Crippen LogP contribution in [0.1, 0.15) is 17.3 Å². The average Bonchev–Trinajstić information content (AvgIpc) is 2.92. The Hall–Kier alpha value is -3.18. The molecule has 1 aromatic heterocycles. The second-order valence-electron chi connectivity index (χ2n) is 4.85. The molecule has 0 aliphatic rings. The Morgan fingerprint density at radius 1 is 1.38 bits per heavy atom. The maximum absolute atomic E-state index is 11.5. The van der Waals surface area contributed by atoms with Gasteiger partial charge < -0.3 is 21.2 Å². The van der Waals surface area contributed by atoms with Crippen molar-refractivity contribution < 1.29 is 14.3 Å². The van der Waals surface area contributed by atoms with Gasteiger partial charge in [0.2, 0.25) is 0 Å². The third-order valence-corrected chi connectivity index (χ3v) is 3.28. The predicted molar refractivity (Wildman–Crippen MR) is 88.7 cm³/mol. The molecule has 0 aliphatic heterocycles. The van der Waals surface area contributed by atoms with E-state index in [4.69, 9.17) is 33.1 Å². The molecule has 8 nitrogen and oxygen atoms in total. The van der Waals surface area contributed by atoms with Gasteiger partial charge >= 0.3 is 6.03 Å². The maximum Gasteiger partial charge on any atom is 0.317 e. The van der Waals surface area contributed by atoms with E-state index in [2.05, 4.69) is 10.3 Å². The minimum Gasteiger partial charge on any atom is -0.475 e. The van der Waals surface area contributed by atoms with Crippen LogP contribution in [0.5, 0.6) is 5.75 Å². The molecule has 3 amide bonds. The quantitative estimate of drug-likeness (QED) is 0.656. The number of H-pyrrole nitrogens is 1. The SMILES string of the molecule is CC(C#N)Oc1ccc(Cl)cc1-c1cc(C(N)=O)c(NC(N)=O)[nH]1. The fourth-order valence-electron chi connectivity index (χ4n) is 2.05. The van der Waals surface area contributed by atoms with E-state index in [-0.39, 0.29) is 11.4 Å². The normalized spacial score (nSPS) is 11.4. The summed E-state index contributed by atoms with van der Waals surface area (Å²) in [5, 5.41) is 11.6. The number of amides is 3. The summed E-state index contributed by atoms with van der Waals surface area (Å²) in [6.07, 6.45) is -0.696. The Morgan fingerprint density at radius 2 is 2.08 bits per heavy atom. The number of hydrogen-bond donors (Lipinski definition) is 4. The number of carbonyl (C=O) groups is 2. The number of nitrogens with zero attached hydrogens (tertiary/aromatic N) is 1. The molecule has 0 saturated heterocycles. The zero-order chi connectivity index (χ0) is 17.9. The van der Waals surface area contributed by atoms with E-state index >= 15 is 0 Å². The van der Waals surface area contributed by atoms with Gasteiger partial charge in [-0.1, -0.05) is 11.6 Å². The lowest BCUT2D eigenvalue weighted by molar-refractivity contribution is 0.100. The number of nitrogens with one attached hydrogen (secondary N) is 2. The molecule has 1 aromatic carbocycles. The second kappa shape index (κ2) is 6.93. The first-order chi connectivity index (χ1) is 11.3. The minimum absolute atomic E-state index is 0.0445. The van der Waals surface area contributed by atoms with Crippen LogP contribution in [0.3, 0.4) is 0 Å². The van der Waals surface area contributed by atoms with E-state index in [1.54, 1.807) is 25.1 Å². The molecule has 0 saturated carbocycles. The summed E-state index contributed by atoms with van der Waals surface area (Å²) in [6, 6.07) is 7.32. The van der Waals surface area contributed by atoms with E-state index in [0.29, 0.717) is 22.0 Å². The van der Waals surface area contributed by atoms with Crippen molar-refractivity contribution in [2.45, 2.75) is 13.0 Å². The van der Waals surface area contributed by atoms with E-state index < -0.39 is 18.0 Å². The van der Waals surface area contributed by atoms with Crippen molar-refractivity contribution >= 4 is 29.4 Å². The first kappa shape index (κ1) is 17.2. The summed E-state index contributed by atoms with van der Waals surface area (Å²) in [4.78, 5) is 25.4. The standard InChI is InChI=1S/C15H14ClN5O3/c1-7(6-17)24-12-3-2-8(16)4-9(12)11-5-10(13(18)22)14(20-11)21-15(19)23/h2-5,7,20H,1H3,(H2,18,22)(H3,19,21,23). The van der Waals surface area contributed by atoms with Gasteiger partial charge in [0.1, 0.15) is 17.6 Å². The number of rotatable bonds is 5. The molecule has 2 aromatic rings. The summed E-state index contributed by atoms with van der Waals surface area (Å²) >= 11 is 6.01. The van der Waals surface area contributed by atoms with Gasteiger partial charge in [-0.15, -0.1) is 0 Å². The largest absolute Gasteiger partial charge is 0.475 e. The number of aromatic amines is 1. The van der Waals surface area contributed by atoms with Crippen LogP contribution in [-0.2, 0) is 0 Å². The van der Waals surface area contributed by atoms with Crippen molar-refractivity contribution in [3.05, 3.63) is 34.9 Å². The number of primary amides is 2. The molecule has 2 rings (SSSR count). The number of carbonyl (C=O) groups excluding carboxylic acids is 2. The average molecular weight is 348 g/mol. The van der Waals surface area contributed by atoms with Crippen LogP contribution in [0.25, 0.3) is 11.3 Å². The molecule has 1 heterocycles. The van der Waals surface area contributed by atoms with Crippen LogP contribution in [0.2, 0.25) is 5.02 Å². The van der Waals surface area contributed by atoms with Crippen LogP contribution in [0, 0.1) is 11.3 Å². The molecule has 0 spiro atoms. The van der Waals surface area contributed by atoms with E-state index in [1.165, 1.54) is 6.07 Å². The number of nitrogens with two attached hydrogens (primary N) is 2. The van der Waals surface area contributed by atoms with Crippen molar-refractivity contribution in [2.75, 3.05) is 5.32 Å². The Balaban J connectivity index is 2.55. The van der Waals surface area contributed by atoms with Crippen LogP contribution in [0.15, 0.2) is 24.3 Å². The number of nitriles is 1. The second-order valence-corrected chi connectivity index (χ2v) is 5.29. The number of hydrogen-bond acceptors (Lipinski definition) is 4. The number of ether oxygens (including phenoxy) is 1. The summed E-state index contributed by atoms with van der Waals surface area (Å²) in [6.45, 7) is 1.59. The fourth-order valence-corrected chi connectivity index (χ4v) is 2.22. The van der Waals surface area contributed by atoms with Crippen LogP contribution < -0.4 is 21.5 Å². The lowest BCUT2D eigenvalue weighted by Crippen LogP contribution is -2.22. The third-order valence-electron chi connectivity index (χ3n) is 3.05. The molecular weight excluding hydrogens is 334 g/mol. The van der Waals surface area contributed by atoms with Gasteiger partial charge in [0.15, 0.2) is 6.10 Å². The van der Waals surface area contributed by atoms with Crippen molar-refractivity contribution in [1.29, 1.82) is 5.26 Å². The highest BCUT2D eigenvalue weighted by molar-refractivity contribution is 6.31. The van der Waals surface area contributed by atoms with E-state index in [9.17, 15) is 9.59 Å². The fraction of sp³-hybridized carbons (Fsp3) is 0.133. The highest BCUT2D eigenvalue weighted by atomic mass is 35.5. The molecule has 0 fully saturated rings. The third kappa shape index (κ3) is 3.77. The summed E-state index contributed by atoms with van der Waals surface area (Å²) in [5.74, 6) is -0.322. The number of aromatic nitrogens is 1. The van der Waals surface area contributed by atoms with Crippen molar-refractivity contribution in [3.8, 4) is 23.1 Å². The summed E-state index contributed by atoms with van der Waals surface area (Å²) in [7, 11) is 0. The zero-order valence-electron chi connectivity index (χ0n) is 12.6. The topological polar surface area (TPSA) is 147 Å². The van der Waals surface area contributed by atoms with Crippen molar-refractivity contribution in [2.24, 2.45) is 11.5 Å². The molecule has 24 heavy (non-hydrogen) atoms. The van der Waals surface area contributed by atoms with Crippen LogP contribution >= 0.6 is 11.6 Å². The highest BCUT2D eigenvalue weighted by Crippen LogP contribution is 2.35. The van der Waals surface area contributed by atoms with E-state index in [1.807, 2.05) is 6.07 Å². The Morgan fingerprint density at radius 3 is 2.67 bits per heavy atom. The predicted octanol–water partition coefficient (Wildman–Crippen LogP) is 2.22. The molecule has 9 heteroatoms. The molecule has 0 radical (unpaired) electrons. The molecule has 1 atom stereocenters. The Kier molecular flexibility index (Phi) is 4.96. The number of urea groups is 1. The van der Waals surface area contributed by atoms with Crippen molar-refractivity contribution in [1.82, 2.24) is 4.98 Å².